The molecule has 2 aliphatic rings. The van der Waals surface area contributed by atoms with Crippen LogP contribution in [0.5, 0.6) is 0 Å². The maximum atomic E-state index is 12.7. The van der Waals surface area contributed by atoms with E-state index in [2.05, 4.69) is 13.1 Å². The zero-order valence-corrected chi connectivity index (χ0v) is 21.8. The Morgan fingerprint density at radius 1 is 0.914 bits per heavy atom. The molecule has 2 aliphatic heterocycles. The highest BCUT2D eigenvalue weighted by Crippen LogP contribution is 2.67. The summed E-state index contributed by atoms with van der Waals surface area (Å²) in [6, 6.07) is -1.07. The monoisotopic (exact) mass is 592 g/mol. The Kier molecular flexibility index (Phi) is 11.3. The number of phosphoric acid groups is 3. The highest BCUT2D eigenvalue weighted by molar-refractivity contribution is 7.68. The smallest absolute Gasteiger partial charge is 0.390 e. The molecule has 0 spiro atoms. The molecule has 2 radical (unpaired) electrons. The van der Waals surface area contributed by atoms with Crippen molar-refractivity contribution in [3.05, 3.63) is 0 Å². The van der Waals surface area contributed by atoms with Gasteiger partial charge in [0.15, 0.2) is 0 Å². The van der Waals surface area contributed by atoms with Crippen LogP contribution in [0.2, 0.25) is 0 Å². The summed E-state index contributed by atoms with van der Waals surface area (Å²) in [5.41, 5.74) is 0. The Balaban J connectivity index is 1.91. The van der Waals surface area contributed by atoms with Crippen molar-refractivity contribution >= 4 is 38.9 Å². The highest BCUT2D eigenvalue weighted by Gasteiger charge is 2.44. The van der Waals surface area contributed by atoms with Gasteiger partial charge in [-0.2, -0.15) is 4.31 Å². The fraction of sp³-hybridized carbons (Fsp3) is 1.00. The largest absolute Gasteiger partial charge is 0.488 e. The molecule has 16 nitrogen and oxygen atoms in total. The Morgan fingerprint density at radius 3 is 2.09 bits per heavy atom. The molecule has 204 valence electrons. The average molecular weight is 592 g/mol. The van der Waals surface area contributed by atoms with Crippen LogP contribution in [0.25, 0.3) is 0 Å². The van der Waals surface area contributed by atoms with Crippen LogP contribution < -0.4 is 0 Å². The van der Waals surface area contributed by atoms with Crippen molar-refractivity contribution in [2.45, 2.75) is 56.3 Å². The number of alkyl halides is 1. The number of aliphatic hydroxyl groups excluding tert-OH is 1. The Labute approximate surface area is 200 Å². The summed E-state index contributed by atoms with van der Waals surface area (Å²) in [6.45, 7) is -1.26. The lowest BCUT2D eigenvalue weighted by molar-refractivity contribution is -0.0371. The third kappa shape index (κ3) is 10.6. The lowest BCUT2D eigenvalue weighted by Crippen LogP contribution is -2.30. The maximum Gasteiger partial charge on any atom is 0.488 e. The van der Waals surface area contributed by atoms with Gasteiger partial charge in [0.25, 0.3) is 0 Å². The van der Waals surface area contributed by atoms with Gasteiger partial charge in [0.05, 0.1) is 31.5 Å². The first kappa shape index (κ1) is 31.7. The molecule has 0 aromatic carbocycles. The summed E-state index contributed by atoms with van der Waals surface area (Å²) in [6.07, 6.45) is -6.67. The van der Waals surface area contributed by atoms with Crippen LogP contribution in [0.3, 0.4) is 0 Å². The number of hydrogen-bond acceptors (Lipinski definition) is 12. The lowest BCUT2D eigenvalue weighted by Gasteiger charge is -2.23. The lowest BCUT2D eigenvalue weighted by atomic mass is 9.96. The number of phosphoric ester groups is 2. The Morgan fingerprint density at radius 2 is 1.51 bits per heavy atom. The van der Waals surface area contributed by atoms with E-state index in [1.165, 1.54) is 0 Å². The summed E-state index contributed by atoms with van der Waals surface area (Å²) in [4.78, 5) is 38.3. The second kappa shape index (κ2) is 12.5. The standard InChI is InChI=1S/C13H26BFO16P4/c1-2-32(17,18)30-35(23,24)31-34(21,22)26-7-12-10(4-13(14)28-12)29-33(19,20)25-6-11-9(16)3-8(5-15)27-11/h8-13,16H,2-7H2,1H3,(H,17,18)(H,19,20)(H,21,22)(H,23,24)/t8-,9+,10+,11-,12-,13-/m1/s1. The minimum Gasteiger partial charge on any atom is -0.390 e. The Hall–Kier alpha value is 0.435. The van der Waals surface area contributed by atoms with Crippen LogP contribution in [0, 0.1) is 0 Å². The molecule has 35 heavy (non-hydrogen) atoms. The van der Waals surface area contributed by atoms with Gasteiger partial charge >= 0.3 is 31.1 Å². The van der Waals surface area contributed by atoms with Gasteiger partial charge in [0, 0.05) is 18.6 Å². The first-order chi connectivity index (χ1) is 16.0. The van der Waals surface area contributed by atoms with E-state index < -0.39 is 93.6 Å². The van der Waals surface area contributed by atoms with E-state index >= 15 is 0 Å². The van der Waals surface area contributed by atoms with Crippen LogP contribution in [0.4, 0.5) is 4.39 Å². The molecule has 0 aliphatic carbocycles. The van der Waals surface area contributed by atoms with Crippen molar-refractivity contribution in [2.24, 2.45) is 0 Å². The van der Waals surface area contributed by atoms with Gasteiger partial charge < -0.3 is 34.2 Å². The van der Waals surface area contributed by atoms with Crippen molar-refractivity contribution < 1.29 is 79.0 Å². The second-order valence-corrected chi connectivity index (χ2v) is 14.2. The van der Waals surface area contributed by atoms with Crippen molar-refractivity contribution in [3.63, 3.8) is 0 Å². The zero-order chi connectivity index (χ0) is 26.7. The summed E-state index contributed by atoms with van der Waals surface area (Å²) in [5, 5.41) is 9.78. The number of hydrogen-bond donors (Lipinski definition) is 5. The number of rotatable bonds is 14. The number of ether oxygens (including phenoxy) is 2. The van der Waals surface area contributed by atoms with Crippen LogP contribution >= 0.6 is 31.1 Å². The summed E-state index contributed by atoms with van der Waals surface area (Å²) in [5.74, 6) is 0. The molecule has 5 N–H and O–H groups in total. The van der Waals surface area contributed by atoms with E-state index in [0.29, 0.717) is 0 Å². The van der Waals surface area contributed by atoms with Gasteiger partial charge in [-0.15, -0.1) is 0 Å². The van der Waals surface area contributed by atoms with E-state index in [4.69, 9.17) is 26.4 Å². The molecule has 0 saturated carbocycles. The molecular formula is C13H26BFO16P4. The van der Waals surface area contributed by atoms with Crippen molar-refractivity contribution in [3.8, 4) is 0 Å². The first-order valence-corrected chi connectivity index (χ1v) is 16.2. The molecule has 10 atom stereocenters. The first-order valence-electron chi connectivity index (χ1n) is 9.97. The molecule has 2 heterocycles. The molecule has 2 fully saturated rings. The SMILES string of the molecule is [B][C@H]1C[C@H](OP(=O)(O)OC[C@H]2O[C@@H](CF)C[C@@H]2O)[C@@H](COP(=O)(O)OP(=O)(O)OP(=O)(O)CC)O1. The minimum absolute atomic E-state index is 0.0325. The van der Waals surface area contributed by atoms with Gasteiger partial charge in [0.2, 0.25) is 0 Å². The molecule has 0 aromatic heterocycles. The molecule has 0 aromatic rings. The molecule has 4 unspecified atom stereocenters. The van der Waals surface area contributed by atoms with E-state index in [9.17, 15) is 47.3 Å². The second-order valence-electron chi connectivity index (χ2n) is 7.46. The van der Waals surface area contributed by atoms with Crippen molar-refractivity contribution in [2.75, 3.05) is 26.1 Å². The Bertz CT molecular complexity index is 909. The zero-order valence-electron chi connectivity index (χ0n) is 18.2. The van der Waals surface area contributed by atoms with Gasteiger partial charge in [-0.1, -0.05) is 6.92 Å². The molecule has 22 heteroatoms. The quantitative estimate of drug-likeness (QED) is 0.138. The van der Waals surface area contributed by atoms with E-state index in [1.807, 2.05) is 0 Å². The molecule has 0 amide bonds. The molecule has 0 bridgehead atoms. The predicted octanol–water partition coefficient (Wildman–Crippen LogP) is 0.716. The van der Waals surface area contributed by atoms with Gasteiger partial charge in [0.1, 0.15) is 26.7 Å². The van der Waals surface area contributed by atoms with E-state index in [0.717, 1.165) is 6.92 Å². The minimum atomic E-state index is -5.51. The van der Waals surface area contributed by atoms with Crippen LogP contribution in [-0.4, -0.2) is 95.1 Å². The summed E-state index contributed by atoms with van der Waals surface area (Å²) >= 11 is 0. The summed E-state index contributed by atoms with van der Waals surface area (Å²) in [7, 11) is -14.7. The maximum absolute atomic E-state index is 12.7. The van der Waals surface area contributed by atoms with Gasteiger partial charge in [-0.3, -0.25) is 18.1 Å². The topological polar surface area (TPSA) is 234 Å². The number of halogens is 1. The fourth-order valence-electron chi connectivity index (χ4n) is 2.99. The molecular weight excluding hydrogens is 566 g/mol. The van der Waals surface area contributed by atoms with Crippen LogP contribution in [0.1, 0.15) is 19.8 Å². The molecule has 2 rings (SSSR count). The third-order valence-corrected chi connectivity index (χ3v) is 10.4. The number of aliphatic hydroxyl groups is 1. The van der Waals surface area contributed by atoms with Crippen LogP contribution in [-0.2, 0) is 49.9 Å². The fourth-order valence-corrected chi connectivity index (χ4v) is 7.66. The average Bonchev–Trinajstić information content (AvgIpc) is 3.24. The third-order valence-electron chi connectivity index (χ3n) is 4.61. The normalized spacial score (nSPS) is 36.2. The van der Waals surface area contributed by atoms with E-state index in [1.54, 1.807) is 0 Å². The molecule has 2 saturated heterocycles. The predicted molar refractivity (Wildman–Crippen MR) is 113 cm³/mol. The van der Waals surface area contributed by atoms with Crippen molar-refractivity contribution in [1.82, 2.24) is 0 Å². The van der Waals surface area contributed by atoms with Gasteiger partial charge in [-0.05, 0) is 6.42 Å². The highest BCUT2D eigenvalue weighted by atomic mass is 31.3. The van der Waals surface area contributed by atoms with Gasteiger partial charge in [-0.25, -0.2) is 22.4 Å². The summed E-state index contributed by atoms with van der Waals surface area (Å²) < 4.78 is 92.4. The van der Waals surface area contributed by atoms with E-state index in [-0.39, 0.29) is 12.8 Å². The van der Waals surface area contributed by atoms with Crippen LogP contribution in [0.15, 0.2) is 0 Å². The van der Waals surface area contributed by atoms with Crippen molar-refractivity contribution in [1.29, 1.82) is 0 Å².